The van der Waals surface area contributed by atoms with Gasteiger partial charge < -0.3 is 9.84 Å². The summed E-state index contributed by atoms with van der Waals surface area (Å²) in [5, 5.41) is 14.9. The van der Waals surface area contributed by atoms with Gasteiger partial charge in [0, 0.05) is 17.7 Å². The van der Waals surface area contributed by atoms with Crippen LogP contribution in [0.3, 0.4) is 0 Å². The van der Waals surface area contributed by atoms with Gasteiger partial charge in [-0.25, -0.2) is 0 Å². The molecule has 32 heavy (non-hydrogen) atoms. The molecule has 1 aliphatic heterocycles. The van der Waals surface area contributed by atoms with Crippen molar-refractivity contribution in [3.8, 4) is 16.9 Å². The fourth-order valence-corrected chi connectivity index (χ4v) is 4.73. The van der Waals surface area contributed by atoms with Gasteiger partial charge in [-0.1, -0.05) is 44.2 Å². The van der Waals surface area contributed by atoms with Gasteiger partial charge in [0.1, 0.15) is 5.75 Å². The number of amides is 1. The number of benzene rings is 2. The van der Waals surface area contributed by atoms with E-state index in [0.29, 0.717) is 17.0 Å². The number of aliphatic hydroxyl groups is 1. The van der Waals surface area contributed by atoms with Crippen LogP contribution in [0.15, 0.2) is 76.7 Å². The smallest absolute Gasteiger partial charge is 0.294 e. The number of methoxy groups -OCH3 is 1. The summed E-state index contributed by atoms with van der Waals surface area (Å²) < 4.78 is 5.54. The van der Waals surface area contributed by atoms with Gasteiger partial charge >= 0.3 is 0 Å². The van der Waals surface area contributed by atoms with E-state index in [4.69, 9.17) is 4.74 Å². The molecule has 3 aromatic rings. The van der Waals surface area contributed by atoms with Crippen LogP contribution in [-0.2, 0) is 9.59 Å². The molecule has 0 fully saturated rings. The number of ketones is 1. The maximum absolute atomic E-state index is 13.2. The molecule has 1 atom stereocenters. The molecule has 1 aromatic heterocycles. The van der Waals surface area contributed by atoms with E-state index in [2.05, 4.69) is 5.38 Å². The van der Waals surface area contributed by atoms with Gasteiger partial charge in [0.25, 0.3) is 5.91 Å². The van der Waals surface area contributed by atoms with Gasteiger partial charge in [-0.15, -0.1) is 0 Å². The Morgan fingerprint density at radius 3 is 2.44 bits per heavy atom. The number of nitrogens with zero attached hydrogens (tertiary/aromatic N) is 1. The summed E-state index contributed by atoms with van der Waals surface area (Å²) in [6.07, 6.45) is 0.239. The van der Waals surface area contributed by atoms with Crippen molar-refractivity contribution in [3.63, 3.8) is 0 Å². The quantitative estimate of drug-likeness (QED) is 0.487. The molecule has 2 heterocycles. The summed E-state index contributed by atoms with van der Waals surface area (Å²) in [5.74, 6) is -0.672. The average Bonchev–Trinajstić information content (AvgIpc) is 3.41. The fourth-order valence-electron chi connectivity index (χ4n) is 4.07. The van der Waals surface area contributed by atoms with Crippen molar-refractivity contribution in [2.45, 2.75) is 26.3 Å². The summed E-state index contributed by atoms with van der Waals surface area (Å²) in [6.45, 7) is 3.87. The lowest BCUT2D eigenvalue weighted by molar-refractivity contribution is -0.118. The van der Waals surface area contributed by atoms with Crippen LogP contribution in [0.1, 0.15) is 31.9 Å². The normalized spacial score (nSPS) is 16.2. The van der Waals surface area contributed by atoms with Crippen molar-refractivity contribution in [2.75, 3.05) is 12.0 Å². The Morgan fingerprint density at radius 2 is 1.81 bits per heavy atom. The molecule has 2 aromatic carbocycles. The Morgan fingerprint density at radius 1 is 1.09 bits per heavy atom. The largest absolute Gasteiger partial charge is 0.503 e. The number of ether oxygens (including phenoxy) is 1. The monoisotopic (exact) mass is 447 g/mol. The minimum Gasteiger partial charge on any atom is -0.503 e. The lowest BCUT2D eigenvalue weighted by Crippen LogP contribution is -2.31. The first-order valence-corrected chi connectivity index (χ1v) is 11.4. The lowest BCUT2D eigenvalue weighted by Gasteiger charge is -2.28. The minimum absolute atomic E-state index is 0.0927. The maximum atomic E-state index is 13.2. The molecular weight excluding hydrogens is 422 g/mol. The Bertz CT molecular complexity index is 1160. The van der Waals surface area contributed by atoms with Crippen molar-refractivity contribution >= 4 is 28.7 Å². The highest BCUT2D eigenvalue weighted by Gasteiger charge is 2.45. The molecule has 1 N–H and O–H groups in total. The molecule has 0 bridgehead atoms. The van der Waals surface area contributed by atoms with Crippen molar-refractivity contribution in [1.29, 1.82) is 0 Å². The van der Waals surface area contributed by atoms with E-state index >= 15 is 0 Å². The first kappa shape index (κ1) is 21.8. The molecular formula is C26H25NO4S. The molecule has 1 amide bonds. The Hall–Kier alpha value is -3.38. The Kier molecular flexibility index (Phi) is 6.15. The maximum Gasteiger partial charge on any atom is 0.294 e. The third-order valence-electron chi connectivity index (χ3n) is 5.54. The first-order chi connectivity index (χ1) is 15.4. The van der Waals surface area contributed by atoms with E-state index in [1.54, 1.807) is 24.5 Å². The second-order valence-electron chi connectivity index (χ2n) is 8.16. The Balaban J connectivity index is 1.82. The summed E-state index contributed by atoms with van der Waals surface area (Å²) in [7, 11) is 1.55. The standard InChI is InChI=1S/C26H25NO4S/c1-16(2)14-21(28)23-24(20-6-4-5-7-22(20)31-3)27(26(30)25(23)29)19-10-8-17(9-11-19)18-12-13-32-15-18/h4-13,15-16,24,29H,14H2,1-3H3/t24-/m1/s1. The van der Waals surface area contributed by atoms with Crippen molar-refractivity contribution in [1.82, 2.24) is 0 Å². The lowest BCUT2D eigenvalue weighted by atomic mass is 9.91. The number of carbonyl (C=O) groups excluding carboxylic acids is 2. The van der Waals surface area contributed by atoms with Crippen molar-refractivity contribution in [3.05, 3.63) is 82.3 Å². The van der Waals surface area contributed by atoms with Gasteiger partial charge in [0.2, 0.25) is 0 Å². The zero-order valence-corrected chi connectivity index (χ0v) is 19.1. The zero-order chi connectivity index (χ0) is 22.8. The van der Waals surface area contributed by atoms with Crippen LogP contribution < -0.4 is 9.64 Å². The number of para-hydroxylation sites is 1. The molecule has 6 heteroatoms. The van der Waals surface area contributed by atoms with Crippen LogP contribution in [0.4, 0.5) is 5.69 Å². The van der Waals surface area contributed by atoms with Crippen LogP contribution in [0.5, 0.6) is 5.75 Å². The van der Waals surface area contributed by atoms with Crippen LogP contribution in [-0.4, -0.2) is 23.9 Å². The number of aliphatic hydroxyl groups excluding tert-OH is 1. The zero-order valence-electron chi connectivity index (χ0n) is 18.2. The van der Waals surface area contributed by atoms with Gasteiger partial charge in [-0.05, 0) is 52.1 Å². The summed E-state index contributed by atoms with van der Waals surface area (Å²) >= 11 is 1.62. The molecule has 164 valence electrons. The highest BCUT2D eigenvalue weighted by atomic mass is 32.1. The highest BCUT2D eigenvalue weighted by molar-refractivity contribution is 7.08. The van der Waals surface area contributed by atoms with Gasteiger partial charge in [-0.3, -0.25) is 14.5 Å². The predicted octanol–water partition coefficient (Wildman–Crippen LogP) is 5.94. The van der Waals surface area contributed by atoms with E-state index in [-0.39, 0.29) is 23.7 Å². The van der Waals surface area contributed by atoms with E-state index in [0.717, 1.165) is 11.1 Å². The van der Waals surface area contributed by atoms with Crippen molar-refractivity contribution < 1.29 is 19.4 Å². The summed E-state index contributed by atoms with van der Waals surface area (Å²) in [6, 6.07) is 16.1. The second-order valence-corrected chi connectivity index (χ2v) is 8.94. The van der Waals surface area contributed by atoms with Crippen LogP contribution in [0, 0.1) is 5.92 Å². The molecule has 0 saturated carbocycles. The summed E-state index contributed by atoms with van der Waals surface area (Å²) in [4.78, 5) is 27.9. The Labute approximate surface area is 191 Å². The van der Waals surface area contributed by atoms with Gasteiger partial charge in [0.15, 0.2) is 11.5 Å². The number of hydrogen-bond acceptors (Lipinski definition) is 5. The average molecular weight is 448 g/mol. The summed E-state index contributed by atoms with van der Waals surface area (Å²) in [5.41, 5.74) is 3.51. The van der Waals surface area contributed by atoms with Crippen LogP contribution in [0.25, 0.3) is 11.1 Å². The first-order valence-electron chi connectivity index (χ1n) is 10.5. The molecule has 5 nitrogen and oxygen atoms in total. The third kappa shape index (κ3) is 3.94. The van der Waals surface area contributed by atoms with Gasteiger partial charge in [-0.2, -0.15) is 11.3 Å². The molecule has 4 rings (SSSR count). The van der Waals surface area contributed by atoms with Crippen molar-refractivity contribution in [2.24, 2.45) is 5.92 Å². The van der Waals surface area contributed by atoms with Gasteiger partial charge in [0.05, 0.1) is 18.7 Å². The molecule has 1 aliphatic rings. The molecule has 0 unspecified atom stereocenters. The molecule has 0 aliphatic carbocycles. The van der Waals surface area contributed by atoms with E-state index in [9.17, 15) is 14.7 Å². The molecule has 0 radical (unpaired) electrons. The van der Waals surface area contributed by atoms with E-state index < -0.39 is 17.7 Å². The number of rotatable bonds is 7. The third-order valence-corrected chi connectivity index (χ3v) is 6.22. The van der Waals surface area contributed by atoms with E-state index in [1.165, 1.54) is 4.90 Å². The topological polar surface area (TPSA) is 66.8 Å². The molecule has 0 spiro atoms. The van der Waals surface area contributed by atoms with E-state index in [1.807, 2.05) is 67.8 Å². The van der Waals surface area contributed by atoms with Crippen LogP contribution >= 0.6 is 11.3 Å². The predicted molar refractivity (Wildman–Crippen MR) is 127 cm³/mol. The fraction of sp³-hybridized carbons (Fsp3) is 0.231. The SMILES string of the molecule is COc1ccccc1[C@@H]1C(C(=O)CC(C)C)=C(O)C(=O)N1c1ccc(-c2ccsc2)cc1. The molecule has 0 saturated heterocycles. The number of carbonyl (C=O) groups is 2. The number of anilines is 1. The number of Topliss-reactive ketones (excluding diaryl/α,β-unsaturated/α-hetero) is 1. The number of hydrogen-bond donors (Lipinski definition) is 1. The second kappa shape index (κ2) is 9.01. The number of thiophene rings is 1. The van der Waals surface area contributed by atoms with Crippen LogP contribution in [0.2, 0.25) is 0 Å². The minimum atomic E-state index is -0.767. The highest BCUT2D eigenvalue weighted by Crippen LogP contribution is 2.44.